The highest BCUT2D eigenvalue weighted by atomic mass is 79.9. The minimum atomic E-state index is -0.891. The van der Waals surface area contributed by atoms with Crippen LogP contribution in [-0.4, -0.2) is 16.0 Å². The second kappa shape index (κ2) is 5.07. The van der Waals surface area contributed by atoms with Gasteiger partial charge in [-0.3, -0.25) is 14.9 Å². The highest BCUT2D eigenvalue weighted by molar-refractivity contribution is 9.10. The molecule has 0 saturated carbocycles. The standard InChI is InChI=1S/C10H10BrNO4/c1-6(4-10(13)14)8-3-2-7(12(15)16)5-9(8)11/h2-3,5-6H,4H2,1H3,(H,13,14). The number of carboxylic acids is 1. The normalized spacial score (nSPS) is 12.1. The molecule has 16 heavy (non-hydrogen) atoms. The summed E-state index contributed by atoms with van der Waals surface area (Å²) in [4.78, 5) is 20.6. The van der Waals surface area contributed by atoms with Crippen LogP contribution in [0.3, 0.4) is 0 Å². The van der Waals surface area contributed by atoms with Gasteiger partial charge in [-0.05, 0) is 11.5 Å². The van der Waals surface area contributed by atoms with Gasteiger partial charge in [0, 0.05) is 16.6 Å². The highest BCUT2D eigenvalue weighted by Gasteiger charge is 2.15. The fourth-order valence-corrected chi connectivity index (χ4v) is 2.16. The Labute approximate surface area is 100 Å². The van der Waals surface area contributed by atoms with Crippen molar-refractivity contribution in [2.24, 2.45) is 0 Å². The van der Waals surface area contributed by atoms with Crippen molar-refractivity contribution in [3.63, 3.8) is 0 Å². The number of benzene rings is 1. The zero-order chi connectivity index (χ0) is 12.3. The Morgan fingerprint density at radius 3 is 2.69 bits per heavy atom. The van der Waals surface area contributed by atoms with E-state index in [4.69, 9.17) is 5.11 Å². The summed E-state index contributed by atoms with van der Waals surface area (Å²) < 4.78 is 0.565. The van der Waals surface area contributed by atoms with Crippen LogP contribution in [0.2, 0.25) is 0 Å². The average Bonchev–Trinajstić information content (AvgIpc) is 2.15. The SMILES string of the molecule is CC(CC(=O)O)c1ccc([N+](=O)[O-])cc1Br. The quantitative estimate of drug-likeness (QED) is 0.682. The second-order valence-corrected chi connectivity index (χ2v) is 4.32. The summed E-state index contributed by atoms with van der Waals surface area (Å²) in [5.74, 6) is -1.08. The lowest BCUT2D eigenvalue weighted by Gasteiger charge is -2.10. The molecule has 0 aliphatic heterocycles. The first kappa shape index (κ1) is 12.6. The fraction of sp³-hybridized carbons (Fsp3) is 0.300. The number of carboxylic acid groups (broad SMARTS) is 1. The maximum absolute atomic E-state index is 10.5. The summed E-state index contributed by atoms with van der Waals surface area (Å²) in [5.41, 5.74) is 0.742. The number of non-ortho nitro benzene ring substituents is 1. The third-order valence-corrected chi connectivity index (χ3v) is 2.89. The van der Waals surface area contributed by atoms with Gasteiger partial charge in [0.1, 0.15) is 0 Å². The molecule has 1 aromatic carbocycles. The molecule has 5 nitrogen and oxygen atoms in total. The molecule has 0 aliphatic carbocycles. The zero-order valence-electron chi connectivity index (χ0n) is 8.51. The number of hydrogen-bond acceptors (Lipinski definition) is 3. The Bertz CT molecular complexity index is 433. The summed E-state index contributed by atoms with van der Waals surface area (Å²) in [7, 11) is 0. The topological polar surface area (TPSA) is 80.4 Å². The van der Waals surface area contributed by atoms with Gasteiger partial charge in [0.2, 0.25) is 0 Å². The maximum Gasteiger partial charge on any atom is 0.303 e. The van der Waals surface area contributed by atoms with Crippen molar-refractivity contribution in [1.82, 2.24) is 0 Å². The van der Waals surface area contributed by atoms with Crippen molar-refractivity contribution < 1.29 is 14.8 Å². The van der Waals surface area contributed by atoms with Crippen LogP contribution >= 0.6 is 15.9 Å². The first-order valence-electron chi connectivity index (χ1n) is 4.57. The van der Waals surface area contributed by atoms with Gasteiger partial charge in [-0.25, -0.2) is 0 Å². The Balaban J connectivity index is 2.98. The predicted molar refractivity (Wildman–Crippen MR) is 61.5 cm³/mol. The Morgan fingerprint density at radius 2 is 2.25 bits per heavy atom. The maximum atomic E-state index is 10.5. The molecule has 0 aliphatic rings. The summed E-state index contributed by atoms with van der Waals surface area (Å²) in [6.45, 7) is 1.76. The summed E-state index contributed by atoms with van der Waals surface area (Å²) in [6, 6.07) is 4.34. The summed E-state index contributed by atoms with van der Waals surface area (Å²) in [6.07, 6.45) is -0.00356. The van der Waals surface area contributed by atoms with E-state index in [-0.39, 0.29) is 18.0 Å². The van der Waals surface area contributed by atoms with Crippen LogP contribution in [0.4, 0.5) is 5.69 Å². The van der Waals surface area contributed by atoms with Gasteiger partial charge in [-0.1, -0.05) is 28.9 Å². The lowest BCUT2D eigenvalue weighted by molar-refractivity contribution is -0.384. The van der Waals surface area contributed by atoms with Crippen LogP contribution in [0, 0.1) is 10.1 Å². The second-order valence-electron chi connectivity index (χ2n) is 3.46. The number of rotatable bonds is 4. The van der Waals surface area contributed by atoms with E-state index in [0.717, 1.165) is 5.56 Å². The molecular formula is C10H10BrNO4. The van der Waals surface area contributed by atoms with Crippen LogP contribution in [-0.2, 0) is 4.79 Å². The van der Waals surface area contributed by atoms with Gasteiger partial charge in [0.15, 0.2) is 0 Å². The molecule has 0 spiro atoms. The molecule has 1 unspecified atom stereocenters. The molecule has 0 radical (unpaired) electrons. The lowest BCUT2D eigenvalue weighted by Crippen LogP contribution is -2.03. The molecule has 0 bridgehead atoms. The van der Waals surface area contributed by atoms with E-state index in [1.807, 2.05) is 0 Å². The molecule has 1 rings (SSSR count). The van der Waals surface area contributed by atoms with Crippen molar-refractivity contribution >= 4 is 27.6 Å². The molecule has 0 fully saturated rings. The summed E-state index contributed by atoms with van der Waals surface area (Å²) in [5, 5.41) is 19.2. The van der Waals surface area contributed by atoms with Gasteiger partial charge < -0.3 is 5.11 Å². The molecule has 6 heteroatoms. The Hall–Kier alpha value is -1.43. The molecule has 0 amide bonds. The number of halogens is 1. The smallest absolute Gasteiger partial charge is 0.303 e. The summed E-state index contributed by atoms with van der Waals surface area (Å²) >= 11 is 3.21. The number of nitrogens with zero attached hydrogens (tertiary/aromatic N) is 1. The molecule has 1 atom stereocenters. The minimum absolute atomic E-state index is 0.00356. The van der Waals surface area contributed by atoms with Crippen molar-refractivity contribution in [2.75, 3.05) is 0 Å². The monoisotopic (exact) mass is 287 g/mol. The Kier molecular flexibility index (Phi) is 4.00. The van der Waals surface area contributed by atoms with E-state index in [2.05, 4.69) is 15.9 Å². The number of carbonyl (C=O) groups is 1. The first-order chi connectivity index (χ1) is 7.41. The minimum Gasteiger partial charge on any atom is -0.481 e. The van der Waals surface area contributed by atoms with Crippen molar-refractivity contribution in [3.05, 3.63) is 38.3 Å². The van der Waals surface area contributed by atoms with Gasteiger partial charge in [-0.2, -0.15) is 0 Å². The average molecular weight is 288 g/mol. The van der Waals surface area contributed by atoms with E-state index >= 15 is 0 Å². The number of nitro groups is 1. The third-order valence-electron chi connectivity index (χ3n) is 2.21. The number of nitro benzene ring substituents is 1. The molecular weight excluding hydrogens is 278 g/mol. The molecule has 0 aromatic heterocycles. The van der Waals surface area contributed by atoms with Crippen molar-refractivity contribution in [3.8, 4) is 0 Å². The van der Waals surface area contributed by atoms with E-state index in [1.54, 1.807) is 13.0 Å². The first-order valence-corrected chi connectivity index (χ1v) is 5.36. The van der Waals surface area contributed by atoms with Gasteiger partial charge in [0.05, 0.1) is 11.3 Å². The fourth-order valence-electron chi connectivity index (χ4n) is 1.40. The largest absolute Gasteiger partial charge is 0.481 e. The van der Waals surface area contributed by atoms with Crippen LogP contribution < -0.4 is 0 Å². The van der Waals surface area contributed by atoms with Crippen molar-refractivity contribution in [1.29, 1.82) is 0 Å². The number of aliphatic carboxylic acids is 1. The number of hydrogen-bond donors (Lipinski definition) is 1. The molecule has 1 N–H and O–H groups in total. The van der Waals surface area contributed by atoms with Gasteiger partial charge >= 0.3 is 5.97 Å². The van der Waals surface area contributed by atoms with Crippen LogP contribution in [0.5, 0.6) is 0 Å². The van der Waals surface area contributed by atoms with E-state index in [0.29, 0.717) is 4.47 Å². The van der Waals surface area contributed by atoms with E-state index < -0.39 is 10.9 Å². The van der Waals surface area contributed by atoms with Crippen molar-refractivity contribution in [2.45, 2.75) is 19.3 Å². The third kappa shape index (κ3) is 3.03. The van der Waals surface area contributed by atoms with Gasteiger partial charge in [0.25, 0.3) is 5.69 Å². The van der Waals surface area contributed by atoms with Crippen LogP contribution in [0.1, 0.15) is 24.8 Å². The van der Waals surface area contributed by atoms with E-state index in [1.165, 1.54) is 12.1 Å². The highest BCUT2D eigenvalue weighted by Crippen LogP contribution is 2.30. The van der Waals surface area contributed by atoms with Crippen LogP contribution in [0.25, 0.3) is 0 Å². The lowest BCUT2D eigenvalue weighted by atomic mass is 9.98. The molecule has 0 heterocycles. The van der Waals surface area contributed by atoms with Crippen LogP contribution in [0.15, 0.2) is 22.7 Å². The molecule has 0 saturated heterocycles. The van der Waals surface area contributed by atoms with Gasteiger partial charge in [-0.15, -0.1) is 0 Å². The predicted octanol–water partition coefficient (Wildman–Crippen LogP) is 2.94. The van der Waals surface area contributed by atoms with E-state index in [9.17, 15) is 14.9 Å². The zero-order valence-corrected chi connectivity index (χ0v) is 10.1. The molecule has 86 valence electrons. The Morgan fingerprint density at radius 1 is 1.62 bits per heavy atom. The molecule has 1 aromatic rings.